The molecule has 2 N–H and O–H groups in total. The number of nitrogens with one attached hydrogen (secondary N) is 2. The number of hydrogen-bond acceptors (Lipinski definition) is 3. The fourth-order valence-corrected chi connectivity index (χ4v) is 1.97. The highest BCUT2D eigenvalue weighted by molar-refractivity contribution is 5.81. The summed E-state index contributed by atoms with van der Waals surface area (Å²) < 4.78 is 12.7. The molecule has 0 aliphatic heterocycles. The lowest BCUT2D eigenvalue weighted by molar-refractivity contribution is -0.120. The Balaban J connectivity index is 1.84. The molecular weight excluding hydrogens is 245 g/mol. The molecule has 1 aromatic rings. The van der Waals surface area contributed by atoms with Gasteiger partial charge in [-0.25, -0.2) is 4.39 Å². The van der Waals surface area contributed by atoms with E-state index >= 15 is 0 Å². The molecule has 4 nitrogen and oxygen atoms in total. The largest absolute Gasteiger partial charge is 0.376 e. The van der Waals surface area contributed by atoms with E-state index in [1.54, 1.807) is 19.1 Å². The third-order valence-electron chi connectivity index (χ3n) is 3.32. The SMILES string of the molecule is C[C@](C#N)(NC(=O)CNc1ccc(F)cc1)C1CC1. The number of nitriles is 1. The normalized spacial score (nSPS) is 17.1. The fourth-order valence-electron chi connectivity index (χ4n) is 1.97. The Morgan fingerprint density at radius 1 is 1.47 bits per heavy atom. The molecule has 19 heavy (non-hydrogen) atoms. The summed E-state index contributed by atoms with van der Waals surface area (Å²) in [7, 11) is 0. The number of nitrogens with zero attached hydrogens (tertiary/aromatic N) is 1. The number of amides is 1. The van der Waals surface area contributed by atoms with Crippen LogP contribution in [-0.2, 0) is 4.79 Å². The number of benzene rings is 1. The lowest BCUT2D eigenvalue weighted by Crippen LogP contribution is -2.48. The Morgan fingerprint density at radius 2 is 2.11 bits per heavy atom. The van der Waals surface area contributed by atoms with Crippen molar-refractivity contribution in [3.63, 3.8) is 0 Å². The molecule has 0 saturated heterocycles. The predicted octanol–water partition coefficient (Wildman–Crippen LogP) is 2.05. The van der Waals surface area contributed by atoms with Crippen molar-refractivity contribution in [2.24, 2.45) is 5.92 Å². The lowest BCUT2D eigenvalue weighted by atomic mass is 9.98. The van der Waals surface area contributed by atoms with E-state index in [1.807, 2.05) is 0 Å². The van der Waals surface area contributed by atoms with Gasteiger partial charge in [0.2, 0.25) is 5.91 Å². The van der Waals surface area contributed by atoms with Gasteiger partial charge in [-0.2, -0.15) is 5.26 Å². The molecule has 1 amide bonds. The molecule has 1 aliphatic rings. The summed E-state index contributed by atoms with van der Waals surface area (Å²) in [6.07, 6.45) is 1.96. The number of hydrogen-bond donors (Lipinski definition) is 2. The maximum atomic E-state index is 12.7. The third-order valence-corrected chi connectivity index (χ3v) is 3.32. The third kappa shape index (κ3) is 3.44. The Morgan fingerprint density at radius 3 is 2.63 bits per heavy atom. The van der Waals surface area contributed by atoms with E-state index in [0.29, 0.717) is 5.69 Å². The number of carbonyl (C=O) groups excluding carboxylic acids is 1. The molecule has 1 atom stereocenters. The van der Waals surface area contributed by atoms with Crippen LogP contribution in [-0.4, -0.2) is 18.0 Å². The van der Waals surface area contributed by atoms with Gasteiger partial charge in [-0.15, -0.1) is 0 Å². The molecule has 1 aliphatic carbocycles. The van der Waals surface area contributed by atoms with E-state index in [-0.39, 0.29) is 24.2 Å². The van der Waals surface area contributed by atoms with Gasteiger partial charge in [-0.3, -0.25) is 4.79 Å². The van der Waals surface area contributed by atoms with Crippen LogP contribution in [0.25, 0.3) is 0 Å². The number of anilines is 1. The smallest absolute Gasteiger partial charge is 0.240 e. The first-order chi connectivity index (χ1) is 9.03. The Bertz CT molecular complexity index is 504. The Labute approximate surface area is 111 Å². The van der Waals surface area contributed by atoms with Gasteiger partial charge in [0.05, 0.1) is 12.6 Å². The van der Waals surface area contributed by atoms with Crippen molar-refractivity contribution in [3.05, 3.63) is 30.1 Å². The van der Waals surface area contributed by atoms with Gasteiger partial charge in [0.1, 0.15) is 11.4 Å². The molecule has 1 saturated carbocycles. The van der Waals surface area contributed by atoms with Crippen molar-refractivity contribution in [2.75, 3.05) is 11.9 Å². The van der Waals surface area contributed by atoms with E-state index in [9.17, 15) is 9.18 Å². The maximum absolute atomic E-state index is 12.7. The molecular formula is C14H16FN3O. The molecule has 0 unspecified atom stereocenters. The second-order valence-electron chi connectivity index (χ2n) is 5.00. The van der Waals surface area contributed by atoms with E-state index in [4.69, 9.17) is 5.26 Å². The van der Waals surface area contributed by atoms with Crippen molar-refractivity contribution in [1.29, 1.82) is 5.26 Å². The van der Waals surface area contributed by atoms with Crippen molar-refractivity contribution >= 4 is 11.6 Å². The molecule has 0 bridgehead atoms. The second kappa shape index (κ2) is 5.27. The number of halogens is 1. The highest BCUT2D eigenvalue weighted by Gasteiger charge is 2.42. The molecule has 1 aromatic carbocycles. The van der Waals surface area contributed by atoms with Gasteiger partial charge in [-0.05, 0) is 49.9 Å². The highest BCUT2D eigenvalue weighted by atomic mass is 19.1. The summed E-state index contributed by atoms with van der Waals surface area (Å²) in [6, 6.07) is 7.94. The van der Waals surface area contributed by atoms with Crippen LogP contribution < -0.4 is 10.6 Å². The second-order valence-corrected chi connectivity index (χ2v) is 5.00. The van der Waals surface area contributed by atoms with E-state index in [0.717, 1.165) is 12.8 Å². The summed E-state index contributed by atoms with van der Waals surface area (Å²) in [5, 5.41) is 14.8. The van der Waals surface area contributed by atoms with Gasteiger partial charge >= 0.3 is 0 Å². The first-order valence-electron chi connectivity index (χ1n) is 6.25. The monoisotopic (exact) mass is 261 g/mol. The fraction of sp³-hybridized carbons (Fsp3) is 0.429. The molecule has 0 radical (unpaired) electrons. The zero-order valence-electron chi connectivity index (χ0n) is 10.7. The summed E-state index contributed by atoms with van der Waals surface area (Å²) in [5.74, 6) is -0.298. The van der Waals surface area contributed by atoms with Gasteiger partial charge < -0.3 is 10.6 Å². The van der Waals surface area contributed by atoms with E-state index in [1.165, 1.54) is 12.1 Å². The van der Waals surface area contributed by atoms with E-state index < -0.39 is 5.54 Å². The molecule has 2 rings (SSSR count). The minimum atomic E-state index is -0.776. The minimum absolute atomic E-state index is 0.0651. The van der Waals surface area contributed by atoms with E-state index in [2.05, 4.69) is 16.7 Å². The minimum Gasteiger partial charge on any atom is -0.376 e. The molecule has 100 valence electrons. The van der Waals surface area contributed by atoms with Crippen molar-refractivity contribution in [3.8, 4) is 6.07 Å². The van der Waals surface area contributed by atoms with Crippen LogP contribution in [0.1, 0.15) is 19.8 Å². The summed E-state index contributed by atoms with van der Waals surface area (Å²) in [5.41, 5.74) is -0.108. The van der Waals surface area contributed by atoms with Crippen LogP contribution in [0.2, 0.25) is 0 Å². The first-order valence-corrected chi connectivity index (χ1v) is 6.25. The zero-order valence-corrected chi connectivity index (χ0v) is 10.7. The average Bonchev–Trinajstić information content (AvgIpc) is 3.22. The highest BCUT2D eigenvalue weighted by Crippen LogP contribution is 2.39. The van der Waals surface area contributed by atoms with Gasteiger partial charge in [0.15, 0.2) is 0 Å². The van der Waals surface area contributed by atoms with Crippen molar-refractivity contribution in [2.45, 2.75) is 25.3 Å². The molecule has 1 fully saturated rings. The van der Waals surface area contributed by atoms with Gasteiger partial charge in [-0.1, -0.05) is 0 Å². The standard InChI is InChI=1S/C14H16FN3O/c1-14(9-16,10-2-3-10)18-13(19)8-17-12-6-4-11(15)5-7-12/h4-7,10,17H,2-3,8H2,1H3,(H,18,19)/t14-/m1/s1. The quantitative estimate of drug-likeness (QED) is 0.852. The lowest BCUT2D eigenvalue weighted by Gasteiger charge is -2.23. The number of carbonyl (C=O) groups is 1. The van der Waals surface area contributed by atoms with Crippen molar-refractivity contribution in [1.82, 2.24) is 5.32 Å². The Kier molecular flexibility index (Phi) is 3.70. The summed E-state index contributed by atoms with van der Waals surface area (Å²) in [4.78, 5) is 11.8. The maximum Gasteiger partial charge on any atom is 0.240 e. The van der Waals surface area contributed by atoms with Crippen LogP contribution in [0.4, 0.5) is 10.1 Å². The van der Waals surface area contributed by atoms with Crippen molar-refractivity contribution < 1.29 is 9.18 Å². The molecule has 0 spiro atoms. The average molecular weight is 261 g/mol. The first kappa shape index (κ1) is 13.3. The van der Waals surface area contributed by atoms with Gasteiger partial charge in [0, 0.05) is 5.69 Å². The van der Waals surface area contributed by atoms with Crippen LogP contribution in [0, 0.1) is 23.1 Å². The van der Waals surface area contributed by atoms with Crippen LogP contribution in [0.5, 0.6) is 0 Å². The molecule has 0 heterocycles. The summed E-state index contributed by atoms with van der Waals surface area (Å²) in [6.45, 7) is 1.82. The molecule has 5 heteroatoms. The zero-order chi connectivity index (χ0) is 13.9. The predicted molar refractivity (Wildman–Crippen MR) is 69.8 cm³/mol. The van der Waals surface area contributed by atoms with Crippen LogP contribution in [0.15, 0.2) is 24.3 Å². The van der Waals surface area contributed by atoms with Crippen LogP contribution in [0.3, 0.4) is 0 Å². The Hall–Kier alpha value is -2.09. The number of rotatable bonds is 5. The topological polar surface area (TPSA) is 64.9 Å². The van der Waals surface area contributed by atoms with Gasteiger partial charge in [0.25, 0.3) is 0 Å². The molecule has 0 aromatic heterocycles. The van der Waals surface area contributed by atoms with Crippen LogP contribution >= 0.6 is 0 Å². The summed E-state index contributed by atoms with van der Waals surface area (Å²) >= 11 is 0.